The van der Waals surface area contributed by atoms with Crippen molar-refractivity contribution in [3.05, 3.63) is 81.7 Å². The van der Waals surface area contributed by atoms with Crippen LogP contribution in [-0.4, -0.2) is 25.6 Å². The summed E-state index contributed by atoms with van der Waals surface area (Å²) in [5.41, 5.74) is 2.99. The maximum Gasteiger partial charge on any atom is 0.268 e. The number of aryl methyl sites for hydroxylation is 3. The number of thiophene rings is 1. The maximum absolute atomic E-state index is 13.8. The molecule has 0 bridgehead atoms. The van der Waals surface area contributed by atoms with Crippen LogP contribution in [0.15, 0.2) is 58.1 Å². The lowest BCUT2D eigenvalue weighted by atomic mass is 10.1. The van der Waals surface area contributed by atoms with E-state index in [1.165, 1.54) is 28.3 Å². The molecule has 1 N–H and O–H groups in total. The number of carbonyl (C=O) groups excluding carboxylic acids is 1. The molecule has 2 aromatic carbocycles. The number of nitrogens with one attached hydrogen (secondary N) is 1. The summed E-state index contributed by atoms with van der Waals surface area (Å²) in [6.07, 6.45) is 1.33. The summed E-state index contributed by atoms with van der Waals surface area (Å²) in [6.45, 7) is 5.14. The molecule has 0 atom stereocenters. The van der Waals surface area contributed by atoms with E-state index in [0.717, 1.165) is 11.1 Å². The van der Waals surface area contributed by atoms with Crippen molar-refractivity contribution in [3.63, 3.8) is 0 Å². The zero-order valence-electron chi connectivity index (χ0n) is 19.1. The van der Waals surface area contributed by atoms with Gasteiger partial charge in [0, 0.05) is 11.3 Å². The second kappa shape index (κ2) is 8.88. The Morgan fingerprint density at radius 2 is 2.00 bits per heavy atom. The van der Waals surface area contributed by atoms with Crippen LogP contribution < -0.4 is 10.9 Å². The number of fused-ring (bicyclic) bond motifs is 1. The lowest BCUT2D eigenvalue weighted by Gasteiger charge is -2.08. The van der Waals surface area contributed by atoms with Gasteiger partial charge in [-0.15, -0.1) is 11.3 Å². The molecule has 35 heavy (non-hydrogen) atoms. The number of benzene rings is 2. The van der Waals surface area contributed by atoms with Crippen molar-refractivity contribution in [3.8, 4) is 22.2 Å². The highest BCUT2D eigenvalue weighted by atomic mass is 32.1. The third-order valence-electron chi connectivity index (χ3n) is 5.58. The molecule has 8 nitrogen and oxygen atoms in total. The Kier molecular flexibility index (Phi) is 5.73. The number of anilines is 1. The number of halogens is 1. The largest absolute Gasteiger partial charge is 0.333 e. The van der Waals surface area contributed by atoms with Crippen molar-refractivity contribution in [2.45, 2.75) is 27.3 Å². The van der Waals surface area contributed by atoms with Gasteiger partial charge in [-0.25, -0.2) is 9.37 Å². The Balaban J connectivity index is 1.43. The molecule has 0 fully saturated rings. The van der Waals surface area contributed by atoms with Crippen LogP contribution in [0.25, 0.3) is 32.4 Å². The number of aromatic nitrogens is 4. The van der Waals surface area contributed by atoms with Gasteiger partial charge in [-0.2, -0.15) is 4.98 Å². The molecule has 5 rings (SSSR count). The normalized spacial score (nSPS) is 11.2. The summed E-state index contributed by atoms with van der Waals surface area (Å²) in [5, 5.41) is 7.07. The van der Waals surface area contributed by atoms with E-state index >= 15 is 0 Å². The van der Waals surface area contributed by atoms with Crippen molar-refractivity contribution in [2.24, 2.45) is 0 Å². The topological polar surface area (TPSA) is 103 Å². The predicted molar refractivity (Wildman–Crippen MR) is 132 cm³/mol. The second-order valence-corrected chi connectivity index (χ2v) is 9.22. The highest BCUT2D eigenvalue weighted by Gasteiger charge is 2.21. The van der Waals surface area contributed by atoms with Gasteiger partial charge in [-0.05, 0) is 50.1 Å². The fraction of sp³-hybridized carbons (Fsp3) is 0.160. The van der Waals surface area contributed by atoms with Gasteiger partial charge >= 0.3 is 0 Å². The van der Waals surface area contributed by atoms with Gasteiger partial charge in [-0.1, -0.05) is 35.0 Å². The van der Waals surface area contributed by atoms with Gasteiger partial charge in [0.1, 0.15) is 17.2 Å². The lowest BCUT2D eigenvalue weighted by Crippen LogP contribution is -2.27. The zero-order chi connectivity index (χ0) is 24.7. The summed E-state index contributed by atoms with van der Waals surface area (Å²) < 4.78 is 20.5. The highest BCUT2D eigenvalue weighted by molar-refractivity contribution is 7.22. The summed E-state index contributed by atoms with van der Waals surface area (Å²) in [4.78, 5) is 35.7. The molecule has 0 aliphatic heterocycles. The van der Waals surface area contributed by atoms with E-state index in [1.807, 2.05) is 31.2 Å². The number of hydrogen-bond acceptors (Lipinski definition) is 7. The second-order valence-electron chi connectivity index (χ2n) is 8.22. The van der Waals surface area contributed by atoms with Gasteiger partial charge in [0.15, 0.2) is 0 Å². The first-order valence-corrected chi connectivity index (χ1v) is 11.6. The quantitative estimate of drug-likeness (QED) is 0.378. The highest BCUT2D eigenvalue weighted by Crippen LogP contribution is 2.35. The third kappa shape index (κ3) is 4.35. The van der Waals surface area contributed by atoms with Crippen LogP contribution in [0, 0.1) is 26.6 Å². The average molecular weight is 490 g/mol. The van der Waals surface area contributed by atoms with Gasteiger partial charge in [0.05, 0.1) is 16.6 Å². The Morgan fingerprint density at radius 1 is 1.17 bits per heavy atom. The standard InChI is InChI=1S/C25H20FN5O3S/c1-13-5-4-6-16(9-13)22-29-23(34-30-22)21-15(3)20-24(35-21)27-12-31(25(20)33)11-19(32)28-17-8-7-14(2)18(26)10-17/h4-10,12H,11H2,1-3H3,(H,28,32). The number of hydrogen-bond donors (Lipinski definition) is 1. The fourth-order valence-corrected chi connectivity index (χ4v) is 4.78. The number of carbonyl (C=O) groups is 1. The van der Waals surface area contributed by atoms with Crippen molar-refractivity contribution in [1.29, 1.82) is 0 Å². The van der Waals surface area contributed by atoms with Crippen LogP contribution in [0.5, 0.6) is 0 Å². The minimum Gasteiger partial charge on any atom is -0.333 e. The number of rotatable bonds is 5. The summed E-state index contributed by atoms with van der Waals surface area (Å²) in [7, 11) is 0. The average Bonchev–Trinajstić information content (AvgIpc) is 3.43. The van der Waals surface area contributed by atoms with Crippen molar-refractivity contribution < 1.29 is 13.7 Å². The molecule has 1 amide bonds. The van der Waals surface area contributed by atoms with Crippen LogP contribution in [-0.2, 0) is 11.3 Å². The molecule has 3 aromatic heterocycles. The smallest absolute Gasteiger partial charge is 0.268 e. The minimum atomic E-state index is -0.468. The molecule has 0 spiro atoms. The third-order valence-corrected chi connectivity index (χ3v) is 6.77. The molecular weight excluding hydrogens is 469 g/mol. The zero-order valence-corrected chi connectivity index (χ0v) is 19.9. The molecule has 0 unspecified atom stereocenters. The van der Waals surface area contributed by atoms with E-state index in [9.17, 15) is 14.0 Å². The predicted octanol–water partition coefficient (Wildman–Crippen LogP) is 4.88. The molecule has 0 aliphatic carbocycles. The molecular formula is C25H20FN5O3S. The van der Waals surface area contributed by atoms with Crippen molar-refractivity contribution >= 4 is 33.1 Å². The van der Waals surface area contributed by atoms with E-state index in [-0.39, 0.29) is 12.1 Å². The number of nitrogens with zero attached hydrogens (tertiary/aromatic N) is 4. The first kappa shape index (κ1) is 22.6. The Morgan fingerprint density at radius 3 is 2.77 bits per heavy atom. The van der Waals surface area contributed by atoms with Gasteiger partial charge in [-0.3, -0.25) is 14.2 Å². The van der Waals surface area contributed by atoms with E-state index in [4.69, 9.17) is 4.52 Å². The van der Waals surface area contributed by atoms with E-state index in [0.29, 0.717) is 43.6 Å². The SMILES string of the molecule is Cc1cccc(-c2noc(-c3sc4ncn(CC(=O)Nc5ccc(C)c(F)c5)c(=O)c4c3C)n2)c1. The van der Waals surface area contributed by atoms with Crippen LogP contribution in [0.1, 0.15) is 16.7 Å². The van der Waals surface area contributed by atoms with E-state index in [1.54, 1.807) is 26.0 Å². The number of amides is 1. The monoisotopic (exact) mass is 489 g/mol. The lowest BCUT2D eigenvalue weighted by molar-refractivity contribution is -0.116. The molecule has 0 saturated carbocycles. The maximum atomic E-state index is 13.8. The van der Waals surface area contributed by atoms with Crippen molar-refractivity contribution in [1.82, 2.24) is 19.7 Å². The van der Waals surface area contributed by atoms with Crippen LogP contribution in [0.2, 0.25) is 0 Å². The molecule has 3 heterocycles. The molecule has 0 aliphatic rings. The van der Waals surface area contributed by atoms with Crippen LogP contribution in [0.4, 0.5) is 10.1 Å². The van der Waals surface area contributed by atoms with Gasteiger partial charge < -0.3 is 9.84 Å². The van der Waals surface area contributed by atoms with Gasteiger partial charge in [0.25, 0.3) is 11.4 Å². The van der Waals surface area contributed by atoms with Crippen LogP contribution in [0.3, 0.4) is 0 Å². The van der Waals surface area contributed by atoms with Gasteiger partial charge in [0.2, 0.25) is 11.7 Å². The molecule has 10 heteroatoms. The Labute approximate surface area is 203 Å². The fourth-order valence-electron chi connectivity index (χ4n) is 3.72. The molecule has 5 aromatic rings. The minimum absolute atomic E-state index is 0.264. The van der Waals surface area contributed by atoms with Crippen LogP contribution >= 0.6 is 11.3 Å². The molecule has 176 valence electrons. The first-order valence-electron chi connectivity index (χ1n) is 10.8. The van der Waals surface area contributed by atoms with Crippen molar-refractivity contribution in [2.75, 3.05) is 5.32 Å². The summed E-state index contributed by atoms with van der Waals surface area (Å²) >= 11 is 1.27. The Hall–Kier alpha value is -4.18. The molecule has 0 radical (unpaired) electrons. The molecule has 0 saturated heterocycles. The Bertz CT molecular complexity index is 1650. The summed E-state index contributed by atoms with van der Waals surface area (Å²) in [5.74, 6) is -0.136. The van der Waals surface area contributed by atoms with E-state index in [2.05, 4.69) is 20.4 Å². The first-order chi connectivity index (χ1) is 16.8. The summed E-state index contributed by atoms with van der Waals surface area (Å²) in [6, 6.07) is 12.2. The van der Waals surface area contributed by atoms with E-state index < -0.39 is 11.7 Å².